The van der Waals surface area contributed by atoms with E-state index in [1.165, 1.54) is 25.3 Å². The number of halogens is 1. The zero-order chi connectivity index (χ0) is 20.2. The average Bonchev–Trinajstić information content (AvgIpc) is 2.79. The number of rotatable bonds is 4. The molecule has 3 heterocycles. The van der Waals surface area contributed by atoms with Crippen molar-refractivity contribution in [3.63, 3.8) is 0 Å². The number of carbonyl (C=O) groups excluding carboxylic acids is 1. The van der Waals surface area contributed by atoms with E-state index in [0.29, 0.717) is 32.2 Å². The predicted octanol–water partition coefficient (Wildman–Crippen LogP) is 3.35. The molecule has 2 fully saturated rings. The molecule has 154 valence electrons. The van der Waals surface area contributed by atoms with Gasteiger partial charge in [-0.2, -0.15) is 0 Å². The van der Waals surface area contributed by atoms with Crippen LogP contribution in [-0.2, 0) is 0 Å². The first-order valence-corrected chi connectivity index (χ1v) is 10.6. The van der Waals surface area contributed by atoms with E-state index in [2.05, 4.69) is 33.0 Å². The van der Waals surface area contributed by atoms with Crippen LogP contribution >= 0.6 is 0 Å². The molecule has 2 aliphatic heterocycles. The highest BCUT2D eigenvalue weighted by Gasteiger charge is 2.26. The first-order valence-electron chi connectivity index (χ1n) is 10.6. The number of aromatic nitrogens is 2. The summed E-state index contributed by atoms with van der Waals surface area (Å²) in [7, 11) is 0. The molecular weight excluding hydrogens is 369 g/mol. The maximum absolute atomic E-state index is 13.9. The van der Waals surface area contributed by atoms with Crippen LogP contribution in [0.1, 0.15) is 43.0 Å². The lowest BCUT2D eigenvalue weighted by Crippen LogP contribution is -2.49. The third kappa shape index (κ3) is 4.18. The Kier molecular flexibility index (Phi) is 5.92. The van der Waals surface area contributed by atoms with Crippen molar-refractivity contribution in [3.8, 4) is 0 Å². The van der Waals surface area contributed by atoms with E-state index < -0.39 is 5.82 Å². The third-order valence-corrected chi connectivity index (χ3v) is 6.02. The van der Waals surface area contributed by atoms with Gasteiger partial charge in [0.15, 0.2) is 11.6 Å². The van der Waals surface area contributed by atoms with Gasteiger partial charge >= 0.3 is 0 Å². The van der Waals surface area contributed by atoms with Crippen LogP contribution < -0.4 is 9.80 Å². The Labute approximate surface area is 171 Å². The van der Waals surface area contributed by atoms with E-state index in [9.17, 15) is 9.18 Å². The molecule has 2 aromatic rings. The van der Waals surface area contributed by atoms with E-state index in [1.807, 2.05) is 6.07 Å². The van der Waals surface area contributed by atoms with Gasteiger partial charge in [-0.1, -0.05) is 19.1 Å². The van der Waals surface area contributed by atoms with Crippen molar-refractivity contribution >= 4 is 17.5 Å². The van der Waals surface area contributed by atoms with Crippen molar-refractivity contribution in [1.29, 1.82) is 0 Å². The van der Waals surface area contributed by atoms with Gasteiger partial charge in [0.1, 0.15) is 5.82 Å². The number of nitrogens with zero attached hydrogens (tertiary/aromatic N) is 5. The van der Waals surface area contributed by atoms with Crippen molar-refractivity contribution in [3.05, 3.63) is 47.8 Å². The number of hydrogen-bond donors (Lipinski definition) is 0. The van der Waals surface area contributed by atoms with Crippen molar-refractivity contribution < 1.29 is 9.18 Å². The minimum absolute atomic E-state index is 0.136. The molecule has 0 N–H and O–H groups in total. The summed E-state index contributed by atoms with van der Waals surface area (Å²) in [6.45, 7) is 5.68. The van der Waals surface area contributed by atoms with Crippen LogP contribution in [0.4, 0.5) is 16.0 Å². The van der Waals surface area contributed by atoms with Crippen LogP contribution in [0.25, 0.3) is 0 Å². The van der Waals surface area contributed by atoms with Gasteiger partial charge < -0.3 is 14.7 Å². The molecule has 0 radical (unpaired) electrons. The Bertz CT molecular complexity index is 835. The summed E-state index contributed by atoms with van der Waals surface area (Å²) in [6, 6.07) is 10.8. The lowest BCUT2D eigenvalue weighted by atomic mass is 10.0. The number of anilines is 2. The SMILES string of the molecule is CCC1CCCCN1c1ccc(N2CCN(C(=O)c3ccccc3F)CC2)nn1. The summed E-state index contributed by atoms with van der Waals surface area (Å²) in [5.41, 5.74) is 0.136. The molecule has 4 rings (SSSR count). The fraction of sp³-hybridized carbons (Fsp3) is 0.500. The zero-order valence-electron chi connectivity index (χ0n) is 16.9. The van der Waals surface area contributed by atoms with Gasteiger partial charge in [-0.05, 0) is 49.9 Å². The minimum atomic E-state index is -0.468. The Morgan fingerprint density at radius 3 is 2.41 bits per heavy atom. The van der Waals surface area contributed by atoms with Gasteiger partial charge in [0.2, 0.25) is 0 Å². The maximum atomic E-state index is 13.9. The standard InChI is InChI=1S/C22H28FN5O/c1-2-17-7-5-6-12-28(17)21-11-10-20(24-25-21)26-13-15-27(16-14-26)22(29)18-8-3-4-9-19(18)23/h3-4,8-11,17H,2,5-7,12-16H2,1H3. The molecule has 0 spiro atoms. The molecule has 7 heteroatoms. The Morgan fingerprint density at radius 2 is 1.72 bits per heavy atom. The second kappa shape index (κ2) is 8.76. The molecule has 2 aliphatic rings. The smallest absolute Gasteiger partial charge is 0.256 e. The molecule has 6 nitrogen and oxygen atoms in total. The first-order chi connectivity index (χ1) is 14.2. The second-order valence-electron chi connectivity index (χ2n) is 7.76. The molecule has 1 aromatic carbocycles. The van der Waals surface area contributed by atoms with Crippen LogP contribution in [0.15, 0.2) is 36.4 Å². The Hall–Kier alpha value is -2.70. The summed E-state index contributed by atoms with van der Waals surface area (Å²) in [6.07, 6.45) is 4.84. The zero-order valence-corrected chi connectivity index (χ0v) is 16.9. The predicted molar refractivity (Wildman–Crippen MR) is 112 cm³/mol. The first kappa shape index (κ1) is 19.6. The van der Waals surface area contributed by atoms with Crippen molar-refractivity contribution in [2.24, 2.45) is 0 Å². The lowest BCUT2D eigenvalue weighted by Gasteiger charge is -2.37. The van der Waals surface area contributed by atoms with Crippen LogP contribution in [0, 0.1) is 5.82 Å². The Balaban J connectivity index is 1.37. The molecule has 2 saturated heterocycles. The third-order valence-electron chi connectivity index (χ3n) is 6.02. The molecular formula is C22H28FN5O. The maximum Gasteiger partial charge on any atom is 0.256 e. The quantitative estimate of drug-likeness (QED) is 0.792. The van der Waals surface area contributed by atoms with Gasteiger partial charge in [0.25, 0.3) is 5.91 Å². The second-order valence-corrected chi connectivity index (χ2v) is 7.76. The summed E-state index contributed by atoms with van der Waals surface area (Å²) in [5.74, 6) is 1.06. The molecule has 29 heavy (non-hydrogen) atoms. The monoisotopic (exact) mass is 397 g/mol. The Morgan fingerprint density at radius 1 is 1.00 bits per heavy atom. The van der Waals surface area contributed by atoms with E-state index >= 15 is 0 Å². The molecule has 0 saturated carbocycles. The van der Waals surface area contributed by atoms with Crippen molar-refractivity contribution in [2.75, 3.05) is 42.5 Å². The fourth-order valence-electron chi connectivity index (χ4n) is 4.31. The largest absolute Gasteiger partial charge is 0.352 e. The van der Waals surface area contributed by atoms with E-state index in [4.69, 9.17) is 0 Å². The molecule has 1 unspecified atom stereocenters. The number of piperidine rings is 1. The van der Waals surface area contributed by atoms with E-state index in [1.54, 1.807) is 23.1 Å². The van der Waals surface area contributed by atoms with Crippen molar-refractivity contribution in [1.82, 2.24) is 15.1 Å². The van der Waals surface area contributed by atoms with Crippen molar-refractivity contribution in [2.45, 2.75) is 38.6 Å². The van der Waals surface area contributed by atoms with E-state index in [0.717, 1.165) is 24.6 Å². The minimum Gasteiger partial charge on any atom is -0.352 e. The van der Waals surface area contributed by atoms with Crippen LogP contribution in [-0.4, -0.2) is 59.8 Å². The highest BCUT2D eigenvalue weighted by molar-refractivity contribution is 5.94. The summed E-state index contributed by atoms with van der Waals surface area (Å²) in [4.78, 5) is 18.8. The van der Waals surface area contributed by atoms with Gasteiger partial charge in [0.05, 0.1) is 5.56 Å². The highest BCUT2D eigenvalue weighted by atomic mass is 19.1. The topological polar surface area (TPSA) is 52.6 Å². The number of benzene rings is 1. The number of amides is 1. The van der Waals surface area contributed by atoms with Gasteiger partial charge in [-0.25, -0.2) is 4.39 Å². The number of carbonyl (C=O) groups is 1. The molecule has 1 amide bonds. The van der Waals surface area contributed by atoms with Crippen LogP contribution in [0.5, 0.6) is 0 Å². The summed E-state index contributed by atoms with van der Waals surface area (Å²) < 4.78 is 13.9. The molecule has 0 bridgehead atoms. The number of hydrogen-bond acceptors (Lipinski definition) is 5. The van der Waals surface area contributed by atoms with Crippen LogP contribution in [0.2, 0.25) is 0 Å². The normalized spacial score (nSPS) is 20.1. The van der Waals surface area contributed by atoms with Crippen LogP contribution in [0.3, 0.4) is 0 Å². The fourth-order valence-corrected chi connectivity index (χ4v) is 4.31. The molecule has 0 aliphatic carbocycles. The van der Waals surface area contributed by atoms with Gasteiger partial charge in [-0.3, -0.25) is 4.79 Å². The molecule has 1 aromatic heterocycles. The average molecular weight is 397 g/mol. The highest BCUT2D eigenvalue weighted by Crippen LogP contribution is 2.25. The summed E-state index contributed by atoms with van der Waals surface area (Å²) >= 11 is 0. The number of piperazine rings is 1. The summed E-state index contributed by atoms with van der Waals surface area (Å²) in [5, 5.41) is 8.95. The van der Waals surface area contributed by atoms with Gasteiger partial charge in [0, 0.05) is 38.8 Å². The lowest BCUT2D eigenvalue weighted by molar-refractivity contribution is 0.0742. The molecule has 1 atom stereocenters. The van der Waals surface area contributed by atoms with E-state index in [-0.39, 0.29) is 11.5 Å². The van der Waals surface area contributed by atoms with Gasteiger partial charge in [-0.15, -0.1) is 10.2 Å².